The molecule has 1 aromatic rings. The van der Waals surface area contributed by atoms with E-state index in [-0.39, 0.29) is 17.1 Å². The van der Waals surface area contributed by atoms with E-state index in [2.05, 4.69) is 6.92 Å². The highest BCUT2D eigenvalue weighted by molar-refractivity contribution is 5.25. The maximum Gasteiger partial charge on any atom is 0.332 e. The van der Waals surface area contributed by atoms with Crippen molar-refractivity contribution in [3.05, 3.63) is 26.9 Å². The number of nitrogens with zero attached hydrogens (tertiary/aromatic N) is 2. The molecule has 2 N–H and O–H groups in total. The van der Waals surface area contributed by atoms with E-state index < -0.39 is 0 Å². The van der Waals surface area contributed by atoms with Gasteiger partial charge < -0.3 is 5.73 Å². The van der Waals surface area contributed by atoms with Gasteiger partial charge in [0.2, 0.25) is 0 Å². The van der Waals surface area contributed by atoms with E-state index in [1.807, 2.05) is 0 Å². The molecule has 0 aliphatic carbocycles. The molecule has 0 atom stereocenters. The van der Waals surface area contributed by atoms with Gasteiger partial charge in [0.1, 0.15) is 5.82 Å². The van der Waals surface area contributed by atoms with Crippen LogP contribution in [0.1, 0.15) is 26.2 Å². The molecule has 0 amide bonds. The van der Waals surface area contributed by atoms with Crippen LogP contribution in [-0.2, 0) is 13.6 Å². The van der Waals surface area contributed by atoms with Gasteiger partial charge in [0, 0.05) is 19.7 Å². The smallest absolute Gasteiger partial charge is 0.332 e. The minimum absolute atomic E-state index is 0.205. The van der Waals surface area contributed by atoms with E-state index in [1.165, 1.54) is 15.2 Å². The average molecular weight is 211 g/mol. The van der Waals surface area contributed by atoms with Gasteiger partial charge in [-0.05, 0) is 6.42 Å². The Morgan fingerprint density at radius 1 is 1.33 bits per heavy atom. The third-order valence-electron chi connectivity index (χ3n) is 2.43. The number of nitrogen functional groups attached to an aromatic ring is 1. The largest absolute Gasteiger partial charge is 0.385 e. The quantitative estimate of drug-likeness (QED) is 0.729. The van der Waals surface area contributed by atoms with Crippen LogP contribution in [0.4, 0.5) is 5.82 Å². The van der Waals surface area contributed by atoms with Gasteiger partial charge in [-0.2, -0.15) is 0 Å². The molecule has 0 bridgehead atoms. The van der Waals surface area contributed by atoms with E-state index in [1.54, 1.807) is 7.05 Å². The van der Waals surface area contributed by atoms with Crippen molar-refractivity contribution in [2.24, 2.45) is 7.05 Å². The zero-order chi connectivity index (χ0) is 11.4. The summed E-state index contributed by atoms with van der Waals surface area (Å²) in [6.45, 7) is 2.55. The Labute approximate surface area is 88.1 Å². The molecule has 84 valence electrons. The van der Waals surface area contributed by atoms with Crippen molar-refractivity contribution < 1.29 is 0 Å². The summed E-state index contributed by atoms with van der Waals surface area (Å²) in [6, 6.07) is 1.29. The van der Waals surface area contributed by atoms with Gasteiger partial charge in [0.15, 0.2) is 0 Å². The third kappa shape index (κ3) is 2.49. The first-order chi connectivity index (χ1) is 7.07. The molecule has 0 fully saturated rings. The molecular formula is C10H17N3O2. The Balaban J connectivity index is 3.03. The summed E-state index contributed by atoms with van der Waals surface area (Å²) in [5, 5.41) is 0. The average Bonchev–Trinajstić information content (AvgIpc) is 2.20. The Hall–Kier alpha value is -1.52. The maximum absolute atomic E-state index is 11.7. The third-order valence-corrected chi connectivity index (χ3v) is 2.43. The van der Waals surface area contributed by atoms with Crippen LogP contribution in [0.3, 0.4) is 0 Å². The van der Waals surface area contributed by atoms with Crippen molar-refractivity contribution in [1.29, 1.82) is 0 Å². The molecule has 5 nitrogen and oxygen atoms in total. The van der Waals surface area contributed by atoms with Crippen molar-refractivity contribution in [1.82, 2.24) is 9.13 Å². The highest BCUT2D eigenvalue weighted by atomic mass is 16.2. The first kappa shape index (κ1) is 11.6. The molecule has 0 spiro atoms. The number of anilines is 1. The summed E-state index contributed by atoms with van der Waals surface area (Å²) in [4.78, 5) is 23.1. The van der Waals surface area contributed by atoms with Crippen molar-refractivity contribution in [3.63, 3.8) is 0 Å². The second kappa shape index (κ2) is 4.82. The van der Waals surface area contributed by atoms with Gasteiger partial charge in [-0.3, -0.25) is 13.9 Å². The molecule has 0 aromatic carbocycles. The highest BCUT2D eigenvalue weighted by Gasteiger charge is 2.05. The number of hydrogen-bond acceptors (Lipinski definition) is 3. The maximum atomic E-state index is 11.7. The summed E-state index contributed by atoms with van der Waals surface area (Å²) in [7, 11) is 1.56. The van der Waals surface area contributed by atoms with Crippen LogP contribution in [0.25, 0.3) is 0 Å². The molecule has 1 heterocycles. The van der Waals surface area contributed by atoms with Crippen LogP contribution >= 0.6 is 0 Å². The van der Waals surface area contributed by atoms with Crippen LogP contribution < -0.4 is 17.0 Å². The van der Waals surface area contributed by atoms with Crippen LogP contribution in [0.2, 0.25) is 0 Å². The lowest BCUT2D eigenvalue weighted by Crippen LogP contribution is -2.39. The molecular weight excluding hydrogens is 194 g/mol. The molecule has 0 radical (unpaired) electrons. The molecule has 0 saturated heterocycles. The summed E-state index contributed by atoms with van der Waals surface area (Å²) >= 11 is 0. The van der Waals surface area contributed by atoms with E-state index in [0.717, 1.165) is 19.3 Å². The lowest BCUT2D eigenvalue weighted by molar-refractivity contribution is 0.545. The lowest BCUT2D eigenvalue weighted by Gasteiger charge is -2.08. The predicted molar refractivity (Wildman–Crippen MR) is 59.9 cm³/mol. The highest BCUT2D eigenvalue weighted by Crippen LogP contribution is 1.95. The Morgan fingerprint density at radius 3 is 2.60 bits per heavy atom. The van der Waals surface area contributed by atoms with E-state index >= 15 is 0 Å². The van der Waals surface area contributed by atoms with Gasteiger partial charge in [-0.15, -0.1) is 0 Å². The van der Waals surface area contributed by atoms with Crippen LogP contribution in [0.15, 0.2) is 15.7 Å². The van der Waals surface area contributed by atoms with E-state index in [4.69, 9.17) is 5.73 Å². The van der Waals surface area contributed by atoms with Gasteiger partial charge in [-0.1, -0.05) is 19.8 Å². The van der Waals surface area contributed by atoms with Gasteiger partial charge in [0.25, 0.3) is 5.56 Å². The summed E-state index contributed by atoms with van der Waals surface area (Å²) in [6.07, 6.45) is 2.92. The van der Waals surface area contributed by atoms with Crippen molar-refractivity contribution in [3.8, 4) is 0 Å². The second-order valence-corrected chi connectivity index (χ2v) is 3.61. The van der Waals surface area contributed by atoms with Gasteiger partial charge >= 0.3 is 5.69 Å². The molecule has 1 rings (SSSR count). The zero-order valence-corrected chi connectivity index (χ0v) is 9.19. The molecule has 1 aromatic heterocycles. The van der Waals surface area contributed by atoms with Crippen molar-refractivity contribution in [2.45, 2.75) is 32.7 Å². The SMILES string of the molecule is CCCCCn1c(=O)cc(N)n(C)c1=O. The predicted octanol–water partition coefficient (Wildman–Crippen LogP) is 0.319. The number of nitrogens with two attached hydrogens (primary N) is 1. The normalized spacial score (nSPS) is 10.5. The molecule has 0 saturated carbocycles. The summed E-state index contributed by atoms with van der Waals surface area (Å²) in [5.74, 6) is 0.205. The van der Waals surface area contributed by atoms with Crippen molar-refractivity contribution in [2.75, 3.05) is 5.73 Å². The Kier molecular flexibility index (Phi) is 3.71. The Morgan fingerprint density at radius 2 is 2.00 bits per heavy atom. The summed E-state index contributed by atoms with van der Waals surface area (Å²) < 4.78 is 2.51. The zero-order valence-electron chi connectivity index (χ0n) is 9.19. The first-order valence-corrected chi connectivity index (χ1v) is 5.14. The number of rotatable bonds is 4. The van der Waals surface area contributed by atoms with Gasteiger partial charge in [-0.25, -0.2) is 4.79 Å². The first-order valence-electron chi connectivity index (χ1n) is 5.14. The number of aromatic nitrogens is 2. The molecule has 0 unspecified atom stereocenters. The molecule has 0 aliphatic heterocycles. The van der Waals surface area contributed by atoms with Crippen LogP contribution in [-0.4, -0.2) is 9.13 Å². The monoisotopic (exact) mass is 211 g/mol. The number of hydrogen-bond donors (Lipinski definition) is 1. The second-order valence-electron chi connectivity index (χ2n) is 3.61. The number of unbranched alkanes of at least 4 members (excludes halogenated alkanes) is 2. The molecule has 0 aliphatic rings. The fourth-order valence-electron chi connectivity index (χ4n) is 1.41. The van der Waals surface area contributed by atoms with Crippen molar-refractivity contribution >= 4 is 5.82 Å². The van der Waals surface area contributed by atoms with E-state index in [0.29, 0.717) is 6.54 Å². The fraction of sp³-hybridized carbons (Fsp3) is 0.600. The van der Waals surface area contributed by atoms with Crippen LogP contribution in [0.5, 0.6) is 0 Å². The molecule has 15 heavy (non-hydrogen) atoms. The van der Waals surface area contributed by atoms with E-state index in [9.17, 15) is 9.59 Å². The standard InChI is InChI=1S/C10H17N3O2/c1-3-4-5-6-13-9(14)7-8(11)12(2)10(13)15/h7H,3-6,11H2,1-2H3. The lowest BCUT2D eigenvalue weighted by atomic mass is 10.2. The summed E-state index contributed by atoms with van der Waals surface area (Å²) in [5.41, 5.74) is 4.84. The minimum Gasteiger partial charge on any atom is -0.385 e. The van der Waals surface area contributed by atoms with Gasteiger partial charge in [0.05, 0.1) is 0 Å². The molecule has 5 heteroatoms. The topological polar surface area (TPSA) is 70.0 Å². The van der Waals surface area contributed by atoms with Crippen LogP contribution in [0, 0.1) is 0 Å². The Bertz CT molecular complexity index is 445. The minimum atomic E-state index is -0.337. The fourth-order valence-corrected chi connectivity index (χ4v) is 1.41.